The third kappa shape index (κ3) is 5.03. The Labute approximate surface area is 157 Å². The highest BCUT2D eigenvalue weighted by Gasteiger charge is 2.31. The predicted octanol–water partition coefficient (Wildman–Crippen LogP) is 5.29. The Morgan fingerprint density at radius 3 is 2.54 bits per heavy atom. The van der Waals surface area contributed by atoms with Gasteiger partial charge in [0.25, 0.3) is 5.91 Å². The van der Waals surface area contributed by atoms with E-state index in [1.807, 2.05) is 0 Å². The lowest BCUT2D eigenvalue weighted by molar-refractivity contribution is -0.137. The first-order chi connectivity index (χ1) is 12.2. The molecule has 0 spiro atoms. The predicted molar refractivity (Wildman–Crippen MR) is 93.2 cm³/mol. The first-order valence-electron chi connectivity index (χ1n) is 7.32. The maximum atomic E-state index is 13.0. The van der Waals surface area contributed by atoms with E-state index in [0.29, 0.717) is 0 Å². The first-order valence-corrected chi connectivity index (χ1v) is 8.08. The molecule has 26 heavy (non-hydrogen) atoms. The summed E-state index contributed by atoms with van der Waals surface area (Å²) in [5.74, 6) is -0.644. The second-order valence-corrected chi connectivity index (χ2v) is 5.89. The largest absolute Gasteiger partial charge is 0.489 e. The molecule has 0 aliphatic carbocycles. The number of hydrogen-bond donors (Lipinski definition) is 1. The van der Waals surface area contributed by atoms with E-state index in [2.05, 4.69) is 5.32 Å². The molecule has 0 bridgehead atoms. The highest BCUT2D eigenvalue weighted by atomic mass is 35.5. The summed E-state index contributed by atoms with van der Waals surface area (Å²) in [5, 5.41) is 2.54. The summed E-state index contributed by atoms with van der Waals surface area (Å²) in [4.78, 5) is 12.4. The van der Waals surface area contributed by atoms with Crippen molar-refractivity contribution in [2.75, 3.05) is 25.6 Å². The molecule has 0 atom stereocenters. The van der Waals surface area contributed by atoms with Gasteiger partial charge >= 0.3 is 6.18 Å². The van der Waals surface area contributed by atoms with Crippen molar-refractivity contribution >= 4 is 34.8 Å². The van der Waals surface area contributed by atoms with Crippen molar-refractivity contribution < 1.29 is 27.4 Å². The molecule has 4 nitrogen and oxygen atoms in total. The summed E-state index contributed by atoms with van der Waals surface area (Å²) >= 11 is 11.8. The summed E-state index contributed by atoms with van der Waals surface area (Å²) < 4.78 is 49.1. The highest BCUT2D eigenvalue weighted by Crippen LogP contribution is 2.35. The maximum absolute atomic E-state index is 13.0. The van der Waals surface area contributed by atoms with Crippen LogP contribution in [0.1, 0.15) is 15.9 Å². The van der Waals surface area contributed by atoms with Gasteiger partial charge in [0.1, 0.15) is 12.4 Å². The third-order valence-corrected chi connectivity index (χ3v) is 4.12. The van der Waals surface area contributed by atoms with Gasteiger partial charge in [0.05, 0.1) is 33.5 Å². The van der Waals surface area contributed by atoms with E-state index in [-0.39, 0.29) is 40.3 Å². The van der Waals surface area contributed by atoms with Crippen molar-refractivity contribution in [1.82, 2.24) is 0 Å². The van der Waals surface area contributed by atoms with Gasteiger partial charge in [-0.15, -0.1) is 0 Å². The number of carbonyl (C=O) groups excluding carboxylic acids is 1. The zero-order chi connectivity index (χ0) is 19.3. The lowest BCUT2D eigenvalue weighted by atomic mass is 10.1. The van der Waals surface area contributed by atoms with Crippen LogP contribution in [0.4, 0.5) is 18.9 Å². The SMILES string of the molecule is COCCOc1ccc(C(F)(F)F)cc1NC(=O)c1cccc(Cl)c1Cl. The lowest BCUT2D eigenvalue weighted by Crippen LogP contribution is -2.15. The van der Waals surface area contributed by atoms with E-state index in [1.54, 1.807) is 0 Å². The van der Waals surface area contributed by atoms with Gasteiger partial charge in [-0.25, -0.2) is 0 Å². The van der Waals surface area contributed by atoms with Crippen molar-refractivity contribution in [3.63, 3.8) is 0 Å². The Hall–Kier alpha value is -1.96. The summed E-state index contributed by atoms with van der Waals surface area (Å²) in [6.45, 7) is 0.331. The normalized spacial score (nSPS) is 11.3. The number of ether oxygens (including phenoxy) is 2. The van der Waals surface area contributed by atoms with Crippen molar-refractivity contribution in [2.24, 2.45) is 0 Å². The molecule has 0 aromatic heterocycles. The number of methoxy groups -OCH3 is 1. The van der Waals surface area contributed by atoms with E-state index in [0.717, 1.165) is 18.2 Å². The maximum Gasteiger partial charge on any atom is 0.416 e. The number of benzene rings is 2. The van der Waals surface area contributed by atoms with Gasteiger partial charge in [-0.3, -0.25) is 4.79 Å². The highest BCUT2D eigenvalue weighted by molar-refractivity contribution is 6.44. The van der Waals surface area contributed by atoms with Crippen LogP contribution >= 0.6 is 23.2 Å². The Balaban J connectivity index is 2.34. The second-order valence-electron chi connectivity index (χ2n) is 5.11. The lowest BCUT2D eigenvalue weighted by Gasteiger charge is -2.15. The van der Waals surface area contributed by atoms with E-state index in [9.17, 15) is 18.0 Å². The number of nitrogens with one attached hydrogen (secondary N) is 1. The first kappa shape index (κ1) is 20.4. The minimum absolute atomic E-state index is 0.000457. The molecule has 0 heterocycles. The van der Waals surface area contributed by atoms with Gasteiger partial charge < -0.3 is 14.8 Å². The number of alkyl halides is 3. The average Bonchev–Trinajstić information content (AvgIpc) is 2.57. The molecule has 0 saturated heterocycles. The number of carbonyl (C=O) groups is 1. The molecular weight excluding hydrogens is 394 g/mol. The summed E-state index contributed by atoms with van der Waals surface area (Å²) in [6.07, 6.45) is -4.57. The molecule has 140 valence electrons. The molecule has 0 radical (unpaired) electrons. The molecule has 2 rings (SSSR count). The molecule has 1 amide bonds. The average molecular weight is 408 g/mol. The third-order valence-electron chi connectivity index (χ3n) is 3.30. The van der Waals surface area contributed by atoms with Gasteiger partial charge in [-0.05, 0) is 30.3 Å². The smallest absolute Gasteiger partial charge is 0.416 e. The Kier molecular flexibility index (Phi) is 6.75. The summed E-state index contributed by atoms with van der Waals surface area (Å²) in [7, 11) is 1.46. The van der Waals surface area contributed by atoms with Gasteiger partial charge in [0, 0.05) is 7.11 Å². The fourth-order valence-electron chi connectivity index (χ4n) is 2.03. The number of anilines is 1. The van der Waals surface area contributed by atoms with Gasteiger partial charge in [-0.1, -0.05) is 29.3 Å². The number of amides is 1. The van der Waals surface area contributed by atoms with Crippen molar-refractivity contribution in [1.29, 1.82) is 0 Å². The number of hydrogen-bond acceptors (Lipinski definition) is 3. The Morgan fingerprint density at radius 2 is 1.88 bits per heavy atom. The van der Waals surface area contributed by atoms with Crippen LogP contribution in [0.25, 0.3) is 0 Å². The fraction of sp³-hybridized carbons (Fsp3) is 0.235. The molecule has 2 aromatic rings. The Morgan fingerprint density at radius 1 is 1.15 bits per heavy atom. The Bertz CT molecular complexity index is 797. The zero-order valence-corrected chi connectivity index (χ0v) is 15.0. The molecule has 2 aromatic carbocycles. The van der Waals surface area contributed by atoms with Crippen LogP contribution in [0.2, 0.25) is 10.0 Å². The van der Waals surface area contributed by atoms with Gasteiger partial charge in [0.15, 0.2) is 0 Å². The molecule has 1 N–H and O–H groups in total. The second kappa shape index (κ2) is 8.62. The minimum atomic E-state index is -4.57. The standard InChI is InChI=1S/C17H14Cl2F3NO3/c1-25-7-8-26-14-6-5-10(17(20,21)22)9-13(14)23-16(24)11-3-2-4-12(18)15(11)19/h2-6,9H,7-8H2,1H3,(H,23,24). The van der Waals surface area contributed by atoms with Crippen molar-refractivity contribution in [3.8, 4) is 5.75 Å². The van der Waals surface area contributed by atoms with Crippen LogP contribution in [0.5, 0.6) is 5.75 Å². The number of rotatable bonds is 6. The van der Waals surface area contributed by atoms with Crippen LogP contribution in [0.15, 0.2) is 36.4 Å². The quantitative estimate of drug-likeness (QED) is 0.661. The van der Waals surface area contributed by atoms with E-state index in [4.69, 9.17) is 32.7 Å². The minimum Gasteiger partial charge on any atom is -0.489 e. The molecular formula is C17H14Cl2F3NO3. The molecule has 0 fully saturated rings. The van der Waals surface area contributed by atoms with Crippen LogP contribution in [0.3, 0.4) is 0 Å². The van der Waals surface area contributed by atoms with Crippen LogP contribution < -0.4 is 10.1 Å². The molecule has 0 aliphatic rings. The molecule has 0 unspecified atom stereocenters. The van der Waals surface area contributed by atoms with Gasteiger partial charge in [0.2, 0.25) is 0 Å². The monoisotopic (exact) mass is 407 g/mol. The van der Waals surface area contributed by atoms with Crippen LogP contribution in [0, 0.1) is 0 Å². The molecule has 9 heteroatoms. The van der Waals surface area contributed by atoms with E-state index < -0.39 is 17.6 Å². The zero-order valence-electron chi connectivity index (χ0n) is 13.5. The van der Waals surface area contributed by atoms with E-state index >= 15 is 0 Å². The topological polar surface area (TPSA) is 47.6 Å². The van der Waals surface area contributed by atoms with Crippen molar-refractivity contribution in [2.45, 2.75) is 6.18 Å². The van der Waals surface area contributed by atoms with Crippen LogP contribution in [-0.4, -0.2) is 26.2 Å². The fourth-order valence-corrected chi connectivity index (χ4v) is 2.42. The molecule has 0 saturated carbocycles. The van der Waals surface area contributed by atoms with Crippen molar-refractivity contribution in [3.05, 3.63) is 57.6 Å². The van der Waals surface area contributed by atoms with E-state index in [1.165, 1.54) is 25.3 Å². The van der Waals surface area contributed by atoms with Crippen LogP contribution in [-0.2, 0) is 10.9 Å². The summed E-state index contributed by atoms with van der Waals surface area (Å²) in [5.41, 5.74) is -1.04. The number of halogens is 5. The summed E-state index contributed by atoms with van der Waals surface area (Å²) in [6, 6.07) is 7.19. The van der Waals surface area contributed by atoms with Gasteiger partial charge in [-0.2, -0.15) is 13.2 Å². The molecule has 0 aliphatic heterocycles.